The summed E-state index contributed by atoms with van der Waals surface area (Å²) >= 11 is 3.35. The zero-order chi connectivity index (χ0) is 10.8. The van der Waals surface area contributed by atoms with Crippen LogP contribution in [0.3, 0.4) is 0 Å². The molecule has 1 unspecified atom stereocenters. The Morgan fingerprint density at radius 2 is 2.07 bits per heavy atom. The van der Waals surface area contributed by atoms with Gasteiger partial charge in [-0.1, -0.05) is 34.1 Å². The molecule has 0 amide bonds. The van der Waals surface area contributed by atoms with Gasteiger partial charge in [-0.2, -0.15) is 0 Å². The number of carbonyl (C=O) groups is 1. The normalized spacial score (nSPS) is 13.8. The summed E-state index contributed by atoms with van der Waals surface area (Å²) < 4.78 is 0.887. The fourth-order valence-electron chi connectivity index (χ4n) is 1.11. The van der Waals surface area contributed by atoms with E-state index in [9.17, 15) is 4.79 Å². The average Bonchev–Trinajstić information content (AvgIpc) is 2.08. The summed E-state index contributed by atoms with van der Waals surface area (Å²) in [6.07, 6.45) is 0.309. The first kappa shape index (κ1) is 14.4. The summed E-state index contributed by atoms with van der Waals surface area (Å²) in [4.78, 5) is 10.8. The Hall–Kier alpha value is -0.580. The molecule has 3 N–H and O–H groups in total. The second-order valence-electron chi connectivity index (χ2n) is 3.49. The van der Waals surface area contributed by atoms with Crippen LogP contribution in [-0.4, -0.2) is 16.6 Å². The van der Waals surface area contributed by atoms with Gasteiger partial charge < -0.3 is 10.8 Å². The number of hydrogen-bond acceptors (Lipinski definition) is 2. The van der Waals surface area contributed by atoms with Crippen LogP contribution >= 0.6 is 28.3 Å². The van der Waals surface area contributed by atoms with E-state index in [-0.39, 0.29) is 12.4 Å². The van der Waals surface area contributed by atoms with E-state index in [1.54, 1.807) is 0 Å². The van der Waals surface area contributed by atoms with E-state index in [0.29, 0.717) is 6.42 Å². The van der Waals surface area contributed by atoms with E-state index >= 15 is 0 Å². The SMILES string of the molecule is CC(N)(Cc1ccccc1Br)C(=O)O.Cl. The van der Waals surface area contributed by atoms with Crippen molar-refractivity contribution in [2.45, 2.75) is 18.9 Å². The minimum absolute atomic E-state index is 0. The predicted octanol–water partition coefficient (Wildman–Crippen LogP) is 2.22. The highest BCUT2D eigenvalue weighted by atomic mass is 79.9. The van der Waals surface area contributed by atoms with Crippen molar-refractivity contribution in [3.8, 4) is 0 Å². The molecule has 0 spiro atoms. The van der Waals surface area contributed by atoms with Crippen molar-refractivity contribution < 1.29 is 9.90 Å². The lowest BCUT2D eigenvalue weighted by atomic mass is 9.94. The monoisotopic (exact) mass is 293 g/mol. The van der Waals surface area contributed by atoms with E-state index in [1.807, 2.05) is 24.3 Å². The average molecular weight is 295 g/mol. The molecule has 0 aliphatic heterocycles. The molecular formula is C10H13BrClNO2. The smallest absolute Gasteiger partial charge is 0.323 e. The van der Waals surface area contributed by atoms with Crippen LogP contribution in [0.15, 0.2) is 28.7 Å². The standard InChI is InChI=1S/C10H12BrNO2.ClH/c1-10(12,9(13)14)6-7-4-2-3-5-8(7)11;/h2-5H,6,12H2,1H3,(H,13,14);1H. The van der Waals surface area contributed by atoms with Crippen LogP contribution in [0.2, 0.25) is 0 Å². The Kier molecular flexibility index (Phi) is 5.28. The maximum Gasteiger partial charge on any atom is 0.323 e. The van der Waals surface area contributed by atoms with Gasteiger partial charge in [-0.05, 0) is 18.6 Å². The Morgan fingerprint density at radius 3 is 2.53 bits per heavy atom. The Bertz CT molecular complexity index is 355. The summed E-state index contributed by atoms with van der Waals surface area (Å²) in [6.45, 7) is 1.51. The Balaban J connectivity index is 0.00000196. The number of carboxylic acid groups (broad SMARTS) is 1. The first-order valence-electron chi connectivity index (χ1n) is 4.19. The highest BCUT2D eigenvalue weighted by molar-refractivity contribution is 9.10. The van der Waals surface area contributed by atoms with Crippen LogP contribution in [0.25, 0.3) is 0 Å². The fourth-order valence-corrected chi connectivity index (χ4v) is 1.54. The zero-order valence-electron chi connectivity index (χ0n) is 8.24. The number of hydrogen-bond donors (Lipinski definition) is 2. The number of rotatable bonds is 3. The highest BCUT2D eigenvalue weighted by Crippen LogP contribution is 2.20. The van der Waals surface area contributed by atoms with E-state index in [0.717, 1.165) is 10.0 Å². The lowest BCUT2D eigenvalue weighted by Crippen LogP contribution is -2.46. The van der Waals surface area contributed by atoms with Gasteiger partial charge in [0.1, 0.15) is 5.54 Å². The summed E-state index contributed by atoms with van der Waals surface area (Å²) in [7, 11) is 0. The van der Waals surface area contributed by atoms with E-state index in [4.69, 9.17) is 10.8 Å². The fraction of sp³-hybridized carbons (Fsp3) is 0.300. The van der Waals surface area contributed by atoms with Crippen molar-refractivity contribution >= 4 is 34.3 Å². The van der Waals surface area contributed by atoms with Gasteiger partial charge >= 0.3 is 5.97 Å². The van der Waals surface area contributed by atoms with Gasteiger partial charge in [-0.15, -0.1) is 12.4 Å². The molecular weight excluding hydrogens is 281 g/mol. The quantitative estimate of drug-likeness (QED) is 0.898. The molecule has 1 aromatic rings. The molecule has 0 aliphatic rings. The molecule has 5 heteroatoms. The highest BCUT2D eigenvalue weighted by Gasteiger charge is 2.28. The largest absolute Gasteiger partial charge is 0.480 e. The van der Waals surface area contributed by atoms with Crippen molar-refractivity contribution in [1.82, 2.24) is 0 Å². The van der Waals surface area contributed by atoms with Crippen molar-refractivity contribution in [2.75, 3.05) is 0 Å². The first-order valence-corrected chi connectivity index (χ1v) is 4.98. The third-order valence-electron chi connectivity index (χ3n) is 2.00. The third-order valence-corrected chi connectivity index (χ3v) is 2.78. The lowest BCUT2D eigenvalue weighted by Gasteiger charge is -2.19. The van der Waals surface area contributed by atoms with Crippen LogP contribution in [0.5, 0.6) is 0 Å². The summed E-state index contributed by atoms with van der Waals surface area (Å²) in [5.74, 6) is -0.992. The molecule has 0 radical (unpaired) electrons. The van der Waals surface area contributed by atoms with Gasteiger partial charge in [0, 0.05) is 10.9 Å². The molecule has 0 heterocycles. The number of aliphatic carboxylic acids is 1. The molecule has 1 rings (SSSR count). The molecule has 0 saturated heterocycles. The van der Waals surface area contributed by atoms with Gasteiger partial charge in [0.25, 0.3) is 0 Å². The molecule has 84 valence electrons. The van der Waals surface area contributed by atoms with Gasteiger partial charge in [0.15, 0.2) is 0 Å². The molecule has 0 bridgehead atoms. The summed E-state index contributed by atoms with van der Waals surface area (Å²) in [6, 6.07) is 7.46. The predicted molar refractivity (Wildman–Crippen MR) is 65.3 cm³/mol. The maximum absolute atomic E-state index is 10.8. The molecule has 3 nitrogen and oxygen atoms in total. The number of carboxylic acids is 1. The Morgan fingerprint density at radius 1 is 1.53 bits per heavy atom. The van der Waals surface area contributed by atoms with Gasteiger partial charge in [-0.3, -0.25) is 4.79 Å². The number of benzene rings is 1. The summed E-state index contributed by atoms with van der Waals surface area (Å²) in [5.41, 5.74) is 5.32. The van der Waals surface area contributed by atoms with Crippen LogP contribution in [0.4, 0.5) is 0 Å². The maximum atomic E-state index is 10.8. The van der Waals surface area contributed by atoms with Crippen LogP contribution in [0, 0.1) is 0 Å². The topological polar surface area (TPSA) is 63.3 Å². The first-order chi connectivity index (χ1) is 6.43. The van der Waals surface area contributed by atoms with E-state index in [2.05, 4.69) is 15.9 Å². The van der Waals surface area contributed by atoms with E-state index in [1.165, 1.54) is 6.92 Å². The van der Waals surface area contributed by atoms with Crippen LogP contribution < -0.4 is 5.73 Å². The van der Waals surface area contributed by atoms with Gasteiger partial charge in [0.2, 0.25) is 0 Å². The zero-order valence-corrected chi connectivity index (χ0v) is 10.6. The minimum atomic E-state index is -1.22. The van der Waals surface area contributed by atoms with Gasteiger partial charge in [-0.25, -0.2) is 0 Å². The van der Waals surface area contributed by atoms with Crippen LogP contribution in [-0.2, 0) is 11.2 Å². The van der Waals surface area contributed by atoms with Crippen molar-refractivity contribution in [1.29, 1.82) is 0 Å². The van der Waals surface area contributed by atoms with Crippen molar-refractivity contribution in [3.63, 3.8) is 0 Å². The second-order valence-corrected chi connectivity index (χ2v) is 4.35. The Labute approximate surface area is 103 Å². The van der Waals surface area contributed by atoms with E-state index < -0.39 is 11.5 Å². The number of halogens is 2. The minimum Gasteiger partial charge on any atom is -0.480 e. The lowest BCUT2D eigenvalue weighted by molar-refractivity contribution is -0.142. The van der Waals surface area contributed by atoms with Crippen molar-refractivity contribution in [2.24, 2.45) is 5.73 Å². The van der Waals surface area contributed by atoms with Gasteiger partial charge in [0.05, 0.1) is 0 Å². The molecule has 0 saturated carbocycles. The molecule has 0 aromatic heterocycles. The summed E-state index contributed by atoms with van der Waals surface area (Å²) in [5, 5.41) is 8.85. The number of nitrogens with two attached hydrogens (primary N) is 1. The molecule has 0 fully saturated rings. The molecule has 15 heavy (non-hydrogen) atoms. The van der Waals surface area contributed by atoms with Crippen LogP contribution in [0.1, 0.15) is 12.5 Å². The molecule has 0 aliphatic carbocycles. The third kappa shape index (κ3) is 3.81. The van der Waals surface area contributed by atoms with Crippen molar-refractivity contribution in [3.05, 3.63) is 34.3 Å². The second kappa shape index (κ2) is 5.49. The molecule has 1 aromatic carbocycles. The molecule has 1 atom stereocenters.